The highest BCUT2D eigenvalue weighted by Crippen LogP contribution is 2.24. The van der Waals surface area contributed by atoms with E-state index in [4.69, 9.17) is 5.73 Å². The van der Waals surface area contributed by atoms with Crippen LogP contribution in [0, 0.1) is 0 Å². The van der Waals surface area contributed by atoms with Gasteiger partial charge in [0.25, 0.3) is 0 Å². The number of phenolic OH excluding ortho intramolecular Hbond substituents is 1. The van der Waals surface area contributed by atoms with Crippen molar-refractivity contribution in [3.63, 3.8) is 0 Å². The van der Waals surface area contributed by atoms with Gasteiger partial charge < -0.3 is 16.2 Å². The van der Waals surface area contributed by atoms with Crippen LogP contribution >= 0.6 is 28.3 Å². The van der Waals surface area contributed by atoms with E-state index in [0.717, 1.165) is 12.0 Å². The summed E-state index contributed by atoms with van der Waals surface area (Å²) in [5.74, 6) is 0.0406. The van der Waals surface area contributed by atoms with E-state index in [1.807, 2.05) is 6.92 Å². The minimum absolute atomic E-state index is 0. The van der Waals surface area contributed by atoms with E-state index in [1.54, 1.807) is 18.2 Å². The zero-order valence-corrected chi connectivity index (χ0v) is 12.6. The Morgan fingerprint density at radius 3 is 2.78 bits per heavy atom. The number of halogens is 2. The predicted octanol–water partition coefficient (Wildman–Crippen LogP) is 2.32. The van der Waals surface area contributed by atoms with Crippen molar-refractivity contribution in [3.05, 3.63) is 28.2 Å². The first-order valence-electron chi connectivity index (χ1n) is 5.55. The van der Waals surface area contributed by atoms with Gasteiger partial charge in [0.15, 0.2) is 0 Å². The molecule has 1 aromatic rings. The molecule has 18 heavy (non-hydrogen) atoms. The van der Waals surface area contributed by atoms with Gasteiger partial charge >= 0.3 is 0 Å². The Bertz CT molecular complexity index is 402. The van der Waals surface area contributed by atoms with E-state index in [2.05, 4.69) is 21.2 Å². The average Bonchev–Trinajstić information content (AvgIpc) is 2.30. The van der Waals surface area contributed by atoms with Gasteiger partial charge in [-0.3, -0.25) is 4.79 Å². The molecule has 0 saturated heterocycles. The van der Waals surface area contributed by atoms with Crippen LogP contribution in [-0.4, -0.2) is 17.1 Å². The van der Waals surface area contributed by atoms with Crippen LogP contribution in [0.4, 0.5) is 0 Å². The number of benzene rings is 1. The van der Waals surface area contributed by atoms with Crippen LogP contribution in [0.1, 0.15) is 25.3 Å². The Kier molecular flexibility index (Phi) is 7.98. The smallest absolute Gasteiger partial charge is 0.237 e. The third kappa shape index (κ3) is 5.25. The summed E-state index contributed by atoms with van der Waals surface area (Å²) >= 11 is 3.22. The first-order valence-corrected chi connectivity index (χ1v) is 6.34. The molecular weight excluding hydrogens is 320 g/mol. The lowest BCUT2D eigenvalue weighted by Crippen LogP contribution is -2.40. The predicted molar refractivity (Wildman–Crippen MR) is 77.8 cm³/mol. The first kappa shape index (κ1) is 17.2. The summed E-state index contributed by atoms with van der Waals surface area (Å²) in [4.78, 5) is 11.6. The van der Waals surface area contributed by atoms with Crippen molar-refractivity contribution < 1.29 is 9.90 Å². The van der Waals surface area contributed by atoms with Gasteiger partial charge in [-0.25, -0.2) is 0 Å². The Morgan fingerprint density at radius 2 is 2.22 bits per heavy atom. The second-order valence-corrected chi connectivity index (χ2v) is 4.75. The Labute approximate surface area is 121 Å². The van der Waals surface area contributed by atoms with Crippen LogP contribution in [0.2, 0.25) is 0 Å². The summed E-state index contributed by atoms with van der Waals surface area (Å²) < 4.78 is 0.613. The van der Waals surface area contributed by atoms with E-state index in [0.29, 0.717) is 17.4 Å². The second-order valence-electron chi connectivity index (χ2n) is 3.90. The third-order valence-corrected chi connectivity index (χ3v) is 3.05. The third-order valence-electron chi connectivity index (χ3n) is 2.42. The standard InChI is InChI=1S/C12H17BrN2O2.ClH/c1-2-3-10(14)12(17)15-7-8-4-5-11(16)9(13)6-8;/h4-6,10,16H,2-3,7,14H2,1H3,(H,15,17);1H. The Morgan fingerprint density at radius 1 is 1.56 bits per heavy atom. The lowest BCUT2D eigenvalue weighted by Gasteiger charge is -2.11. The van der Waals surface area contributed by atoms with Crippen molar-refractivity contribution in [2.45, 2.75) is 32.4 Å². The number of phenols is 1. The molecule has 0 bridgehead atoms. The number of rotatable bonds is 5. The molecule has 4 N–H and O–H groups in total. The van der Waals surface area contributed by atoms with Crippen LogP contribution in [-0.2, 0) is 11.3 Å². The van der Waals surface area contributed by atoms with Crippen LogP contribution < -0.4 is 11.1 Å². The molecule has 1 atom stereocenters. The molecule has 4 nitrogen and oxygen atoms in total. The maximum atomic E-state index is 11.6. The number of carbonyl (C=O) groups excluding carboxylic acids is 1. The van der Waals surface area contributed by atoms with Gasteiger partial charge in [0, 0.05) is 6.54 Å². The van der Waals surface area contributed by atoms with Gasteiger partial charge in [-0.1, -0.05) is 19.4 Å². The van der Waals surface area contributed by atoms with Crippen LogP contribution in [0.3, 0.4) is 0 Å². The number of hydrogen-bond acceptors (Lipinski definition) is 3. The summed E-state index contributed by atoms with van der Waals surface area (Å²) in [5.41, 5.74) is 6.59. The fourth-order valence-corrected chi connectivity index (χ4v) is 1.85. The number of aromatic hydroxyl groups is 1. The summed E-state index contributed by atoms with van der Waals surface area (Å²) in [7, 11) is 0. The van der Waals surface area contributed by atoms with E-state index >= 15 is 0 Å². The topological polar surface area (TPSA) is 75.4 Å². The molecule has 6 heteroatoms. The van der Waals surface area contributed by atoms with Gasteiger partial charge in [-0.2, -0.15) is 0 Å². The molecule has 0 aromatic heterocycles. The van der Waals surface area contributed by atoms with E-state index in [-0.39, 0.29) is 24.1 Å². The lowest BCUT2D eigenvalue weighted by molar-refractivity contribution is -0.122. The van der Waals surface area contributed by atoms with Crippen LogP contribution in [0.25, 0.3) is 0 Å². The van der Waals surface area contributed by atoms with Gasteiger partial charge in [0.2, 0.25) is 5.91 Å². The van der Waals surface area contributed by atoms with E-state index in [9.17, 15) is 9.90 Å². The molecule has 102 valence electrons. The summed E-state index contributed by atoms with van der Waals surface area (Å²) in [6.07, 6.45) is 1.57. The molecular formula is C12H18BrClN2O2. The normalized spacial score (nSPS) is 11.5. The molecule has 1 unspecified atom stereocenters. The molecule has 0 saturated carbocycles. The number of carbonyl (C=O) groups is 1. The van der Waals surface area contributed by atoms with E-state index < -0.39 is 6.04 Å². The molecule has 0 fully saturated rings. The van der Waals surface area contributed by atoms with Crippen molar-refractivity contribution in [1.29, 1.82) is 0 Å². The zero-order valence-electron chi connectivity index (χ0n) is 10.1. The minimum Gasteiger partial charge on any atom is -0.507 e. The highest BCUT2D eigenvalue weighted by Gasteiger charge is 2.11. The number of nitrogens with one attached hydrogen (secondary N) is 1. The SMILES string of the molecule is CCCC(N)C(=O)NCc1ccc(O)c(Br)c1.Cl. The van der Waals surface area contributed by atoms with Crippen molar-refractivity contribution in [1.82, 2.24) is 5.32 Å². The van der Waals surface area contributed by atoms with E-state index in [1.165, 1.54) is 0 Å². The monoisotopic (exact) mass is 336 g/mol. The summed E-state index contributed by atoms with van der Waals surface area (Å²) in [6.45, 7) is 2.40. The van der Waals surface area contributed by atoms with Crippen molar-refractivity contribution in [2.75, 3.05) is 0 Å². The van der Waals surface area contributed by atoms with Crippen LogP contribution in [0.15, 0.2) is 22.7 Å². The highest BCUT2D eigenvalue weighted by atomic mass is 79.9. The minimum atomic E-state index is -0.444. The van der Waals surface area contributed by atoms with Gasteiger partial charge in [0.05, 0.1) is 10.5 Å². The molecule has 1 aromatic carbocycles. The molecule has 0 aliphatic carbocycles. The molecule has 0 spiro atoms. The Hall–Kier alpha value is -0.780. The molecule has 0 radical (unpaired) electrons. The molecule has 1 rings (SSSR count). The Balaban J connectivity index is 0.00000289. The average molecular weight is 338 g/mol. The zero-order chi connectivity index (χ0) is 12.8. The fourth-order valence-electron chi connectivity index (χ4n) is 1.42. The second kappa shape index (κ2) is 8.34. The lowest BCUT2D eigenvalue weighted by atomic mass is 10.1. The fraction of sp³-hybridized carbons (Fsp3) is 0.417. The summed E-state index contributed by atoms with van der Waals surface area (Å²) in [6, 6.07) is 4.66. The largest absolute Gasteiger partial charge is 0.507 e. The van der Waals surface area contributed by atoms with Gasteiger partial charge in [-0.05, 0) is 40.0 Å². The first-order chi connectivity index (χ1) is 8.04. The maximum Gasteiger partial charge on any atom is 0.237 e. The van der Waals surface area contributed by atoms with Crippen molar-refractivity contribution in [3.8, 4) is 5.75 Å². The van der Waals surface area contributed by atoms with Crippen LogP contribution in [0.5, 0.6) is 5.75 Å². The van der Waals surface area contributed by atoms with Gasteiger partial charge in [0.1, 0.15) is 5.75 Å². The summed E-state index contributed by atoms with van der Waals surface area (Å²) in [5, 5.41) is 12.1. The quantitative estimate of drug-likeness (QED) is 0.772. The number of hydrogen-bond donors (Lipinski definition) is 3. The molecule has 0 heterocycles. The molecule has 0 aliphatic heterocycles. The molecule has 0 aliphatic rings. The molecule has 1 amide bonds. The number of amides is 1. The van der Waals surface area contributed by atoms with Crippen molar-refractivity contribution in [2.24, 2.45) is 5.73 Å². The maximum absolute atomic E-state index is 11.6. The number of nitrogens with two attached hydrogens (primary N) is 1. The van der Waals surface area contributed by atoms with Gasteiger partial charge in [-0.15, -0.1) is 12.4 Å². The highest BCUT2D eigenvalue weighted by molar-refractivity contribution is 9.10. The van der Waals surface area contributed by atoms with Crippen molar-refractivity contribution >= 4 is 34.2 Å².